The van der Waals surface area contributed by atoms with Gasteiger partial charge in [0.05, 0.1) is 6.54 Å². The van der Waals surface area contributed by atoms with E-state index in [4.69, 9.17) is 0 Å². The number of aromatic hydroxyl groups is 1. The quantitative estimate of drug-likeness (QED) is 0.802. The maximum atomic E-state index is 14.6. The number of amides is 1. The zero-order chi connectivity index (χ0) is 20.1. The summed E-state index contributed by atoms with van der Waals surface area (Å²) in [7, 11) is 3.11. The lowest BCUT2D eigenvalue weighted by atomic mass is 9.89. The van der Waals surface area contributed by atoms with Crippen molar-refractivity contribution in [2.45, 2.75) is 25.3 Å². The number of anilines is 1. The molecule has 0 spiro atoms. The van der Waals surface area contributed by atoms with Gasteiger partial charge in [-0.2, -0.15) is 0 Å². The van der Waals surface area contributed by atoms with E-state index in [2.05, 4.69) is 34.5 Å². The predicted octanol–water partition coefficient (Wildman–Crippen LogP) is 3.09. The molecule has 0 saturated carbocycles. The Morgan fingerprint density at radius 1 is 1.25 bits per heavy atom. The fourth-order valence-electron chi connectivity index (χ4n) is 3.89. The summed E-state index contributed by atoms with van der Waals surface area (Å²) >= 11 is 0. The van der Waals surface area contributed by atoms with E-state index in [1.165, 1.54) is 23.6 Å². The van der Waals surface area contributed by atoms with Crippen LogP contribution in [0.2, 0.25) is 0 Å². The van der Waals surface area contributed by atoms with Gasteiger partial charge in [-0.05, 0) is 55.1 Å². The Labute approximate surface area is 165 Å². The van der Waals surface area contributed by atoms with Crippen LogP contribution in [0.3, 0.4) is 0 Å². The highest BCUT2D eigenvalue weighted by atomic mass is 19.1. The van der Waals surface area contributed by atoms with Crippen LogP contribution in [0, 0.1) is 5.82 Å². The van der Waals surface area contributed by atoms with Gasteiger partial charge in [0, 0.05) is 20.6 Å². The highest BCUT2D eigenvalue weighted by Gasteiger charge is 2.22. The van der Waals surface area contributed by atoms with Crippen LogP contribution in [0.1, 0.15) is 29.9 Å². The first-order valence-corrected chi connectivity index (χ1v) is 9.68. The molecular weight excluding hydrogens is 357 g/mol. The average Bonchev–Trinajstić information content (AvgIpc) is 2.68. The summed E-state index contributed by atoms with van der Waals surface area (Å²) in [6.45, 7) is 2.47. The molecule has 6 heteroatoms. The third-order valence-electron chi connectivity index (χ3n) is 5.41. The molecular formula is C22H28FN3O2. The molecule has 1 fully saturated rings. The highest BCUT2D eigenvalue weighted by Crippen LogP contribution is 2.33. The maximum absolute atomic E-state index is 14.6. The number of phenolic OH excluding ortho intramolecular Hbond substituents is 1. The Kier molecular flexibility index (Phi) is 6.52. The van der Waals surface area contributed by atoms with Crippen LogP contribution in [0.25, 0.3) is 0 Å². The monoisotopic (exact) mass is 385 g/mol. The first kappa shape index (κ1) is 20.1. The van der Waals surface area contributed by atoms with Gasteiger partial charge in [0.25, 0.3) is 0 Å². The number of nitrogens with zero attached hydrogens (tertiary/aromatic N) is 2. The smallest absolute Gasteiger partial charge is 0.239 e. The number of benzene rings is 2. The SMILES string of the molecule is CNC(=O)CN(C)c1c(O)cc(CN2CCC(c3ccccc3)CC2)cc1F. The molecule has 1 amide bonds. The predicted molar refractivity (Wildman–Crippen MR) is 109 cm³/mol. The Morgan fingerprint density at radius 3 is 2.54 bits per heavy atom. The van der Waals surface area contributed by atoms with E-state index in [9.17, 15) is 14.3 Å². The van der Waals surface area contributed by atoms with E-state index >= 15 is 0 Å². The number of rotatable bonds is 6. The molecule has 3 rings (SSSR count). The number of halogens is 1. The number of likely N-dealkylation sites (tertiary alicyclic amines) is 1. The number of carbonyl (C=O) groups is 1. The van der Waals surface area contributed by atoms with Gasteiger partial charge < -0.3 is 15.3 Å². The van der Waals surface area contributed by atoms with Crippen molar-refractivity contribution in [1.82, 2.24) is 10.2 Å². The third-order valence-corrected chi connectivity index (χ3v) is 5.41. The Morgan fingerprint density at radius 2 is 1.93 bits per heavy atom. The Bertz CT molecular complexity index is 782. The van der Waals surface area contributed by atoms with Crippen LogP contribution >= 0.6 is 0 Å². The zero-order valence-corrected chi connectivity index (χ0v) is 16.5. The molecule has 2 aromatic carbocycles. The van der Waals surface area contributed by atoms with Gasteiger partial charge >= 0.3 is 0 Å². The van der Waals surface area contributed by atoms with Gasteiger partial charge in [-0.15, -0.1) is 0 Å². The van der Waals surface area contributed by atoms with E-state index in [0.717, 1.165) is 31.5 Å². The van der Waals surface area contributed by atoms with E-state index in [-0.39, 0.29) is 23.9 Å². The van der Waals surface area contributed by atoms with E-state index in [1.807, 2.05) is 6.07 Å². The van der Waals surface area contributed by atoms with Crippen LogP contribution < -0.4 is 10.2 Å². The summed E-state index contributed by atoms with van der Waals surface area (Å²) in [5.41, 5.74) is 2.18. The van der Waals surface area contributed by atoms with Gasteiger partial charge in [-0.25, -0.2) is 4.39 Å². The Balaban J connectivity index is 1.62. The standard InChI is InChI=1S/C22H28FN3O2/c1-24-21(28)15-25(2)22-19(23)12-16(13-20(22)27)14-26-10-8-18(9-11-26)17-6-4-3-5-7-17/h3-7,12-13,18,27H,8-11,14-15H2,1-2H3,(H,24,28). The summed E-state index contributed by atoms with van der Waals surface area (Å²) in [4.78, 5) is 15.2. The topological polar surface area (TPSA) is 55.8 Å². The van der Waals surface area contributed by atoms with Crippen molar-refractivity contribution >= 4 is 11.6 Å². The molecule has 2 N–H and O–H groups in total. The lowest BCUT2D eigenvalue weighted by Crippen LogP contribution is -2.33. The molecule has 0 aliphatic carbocycles. The first-order chi connectivity index (χ1) is 13.5. The number of likely N-dealkylation sites (N-methyl/N-ethyl adjacent to an activating group) is 2. The molecule has 0 radical (unpaired) electrons. The van der Waals surface area contributed by atoms with Gasteiger partial charge in [0.15, 0.2) is 5.82 Å². The summed E-state index contributed by atoms with van der Waals surface area (Å²) in [6.07, 6.45) is 2.15. The van der Waals surface area contributed by atoms with Crippen LogP contribution in [0.4, 0.5) is 10.1 Å². The van der Waals surface area contributed by atoms with E-state index < -0.39 is 5.82 Å². The number of piperidine rings is 1. The van der Waals surface area contributed by atoms with Crippen molar-refractivity contribution in [3.8, 4) is 5.75 Å². The molecule has 1 heterocycles. The summed E-state index contributed by atoms with van der Waals surface area (Å²) in [5.74, 6) is -0.323. The minimum atomic E-state index is -0.513. The largest absolute Gasteiger partial charge is 0.506 e. The molecule has 0 aromatic heterocycles. The van der Waals surface area contributed by atoms with E-state index in [0.29, 0.717) is 12.5 Å². The molecule has 1 aliphatic rings. The van der Waals surface area contributed by atoms with Crippen molar-refractivity contribution in [2.75, 3.05) is 38.6 Å². The maximum Gasteiger partial charge on any atom is 0.239 e. The van der Waals surface area contributed by atoms with Gasteiger partial charge in [-0.3, -0.25) is 9.69 Å². The number of hydrogen-bond acceptors (Lipinski definition) is 4. The van der Waals surface area contributed by atoms with Crippen molar-refractivity contribution in [2.24, 2.45) is 0 Å². The van der Waals surface area contributed by atoms with Gasteiger partial charge in [0.2, 0.25) is 5.91 Å². The van der Waals surface area contributed by atoms with Crippen LogP contribution in [-0.2, 0) is 11.3 Å². The molecule has 5 nitrogen and oxygen atoms in total. The van der Waals surface area contributed by atoms with Gasteiger partial charge in [0.1, 0.15) is 11.4 Å². The van der Waals surface area contributed by atoms with Crippen molar-refractivity contribution in [3.05, 3.63) is 59.4 Å². The number of carbonyl (C=O) groups excluding carboxylic acids is 1. The van der Waals surface area contributed by atoms with Crippen LogP contribution in [0.5, 0.6) is 5.75 Å². The average molecular weight is 385 g/mol. The third kappa shape index (κ3) is 4.81. The number of phenols is 1. The number of nitrogens with one attached hydrogen (secondary N) is 1. The second kappa shape index (κ2) is 9.06. The highest BCUT2D eigenvalue weighted by molar-refractivity contribution is 5.81. The Hall–Kier alpha value is -2.60. The molecule has 2 aromatic rings. The lowest BCUT2D eigenvalue weighted by Gasteiger charge is -2.32. The minimum absolute atomic E-state index is 0.0205. The molecule has 1 aliphatic heterocycles. The molecule has 1 saturated heterocycles. The number of hydrogen-bond donors (Lipinski definition) is 2. The minimum Gasteiger partial charge on any atom is -0.506 e. The molecule has 0 unspecified atom stereocenters. The lowest BCUT2D eigenvalue weighted by molar-refractivity contribution is -0.119. The fraction of sp³-hybridized carbons (Fsp3) is 0.409. The van der Waals surface area contributed by atoms with Crippen molar-refractivity contribution in [3.63, 3.8) is 0 Å². The van der Waals surface area contributed by atoms with E-state index in [1.54, 1.807) is 13.1 Å². The zero-order valence-electron chi connectivity index (χ0n) is 16.5. The second-order valence-electron chi connectivity index (χ2n) is 7.44. The van der Waals surface area contributed by atoms with Gasteiger partial charge in [-0.1, -0.05) is 30.3 Å². The van der Waals surface area contributed by atoms with Crippen LogP contribution in [-0.4, -0.2) is 49.6 Å². The van der Waals surface area contributed by atoms with Crippen molar-refractivity contribution in [1.29, 1.82) is 0 Å². The molecule has 0 bridgehead atoms. The normalized spacial score (nSPS) is 15.4. The van der Waals surface area contributed by atoms with Crippen molar-refractivity contribution < 1.29 is 14.3 Å². The molecule has 150 valence electrons. The fourth-order valence-corrected chi connectivity index (χ4v) is 3.89. The first-order valence-electron chi connectivity index (χ1n) is 9.68. The molecule has 28 heavy (non-hydrogen) atoms. The van der Waals surface area contributed by atoms with Crippen LogP contribution in [0.15, 0.2) is 42.5 Å². The second-order valence-corrected chi connectivity index (χ2v) is 7.44. The summed E-state index contributed by atoms with van der Waals surface area (Å²) in [5, 5.41) is 12.8. The summed E-state index contributed by atoms with van der Waals surface area (Å²) in [6, 6.07) is 13.6. The molecule has 0 atom stereocenters. The summed E-state index contributed by atoms with van der Waals surface area (Å²) < 4.78 is 14.6.